The van der Waals surface area contributed by atoms with Gasteiger partial charge in [-0.3, -0.25) is 9.69 Å². The van der Waals surface area contributed by atoms with Crippen LogP contribution in [0.1, 0.15) is 35.3 Å². The minimum absolute atomic E-state index is 0.0150. The van der Waals surface area contributed by atoms with E-state index in [2.05, 4.69) is 18.7 Å². The molecule has 0 saturated heterocycles. The highest BCUT2D eigenvalue weighted by Gasteiger charge is 2.24. The van der Waals surface area contributed by atoms with E-state index in [1.165, 1.54) is 11.3 Å². The van der Waals surface area contributed by atoms with E-state index in [1.54, 1.807) is 0 Å². The summed E-state index contributed by atoms with van der Waals surface area (Å²) < 4.78 is 12.0. The first-order chi connectivity index (χ1) is 14.5. The molecule has 7 heteroatoms. The Bertz CT molecular complexity index is 1030. The molecule has 1 amide bonds. The van der Waals surface area contributed by atoms with Crippen molar-refractivity contribution in [1.82, 2.24) is 9.88 Å². The van der Waals surface area contributed by atoms with Gasteiger partial charge in [0.25, 0.3) is 5.91 Å². The van der Waals surface area contributed by atoms with Crippen LogP contribution in [0.2, 0.25) is 0 Å². The lowest BCUT2D eigenvalue weighted by Crippen LogP contribution is -2.39. The zero-order valence-corrected chi connectivity index (χ0v) is 18.7. The van der Waals surface area contributed by atoms with Crippen molar-refractivity contribution in [3.05, 3.63) is 47.0 Å². The Morgan fingerprint density at radius 1 is 1.07 bits per heavy atom. The van der Waals surface area contributed by atoms with Gasteiger partial charge in [-0.15, -0.1) is 0 Å². The number of aryl methyl sites for hydroxylation is 2. The highest BCUT2D eigenvalue weighted by Crippen LogP contribution is 2.40. The van der Waals surface area contributed by atoms with Crippen molar-refractivity contribution in [2.24, 2.45) is 0 Å². The Labute approximate surface area is 181 Å². The van der Waals surface area contributed by atoms with E-state index in [9.17, 15) is 4.79 Å². The Balaban J connectivity index is 1.71. The third-order valence-electron chi connectivity index (χ3n) is 5.49. The molecule has 30 heavy (non-hydrogen) atoms. The number of amides is 1. The van der Waals surface area contributed by atoms with Crippen LogP contribution in [0.25, 0.3) is 10.2 Å². The molecule has 4 rings (SSSR count). The van der Waals surface area contributed by atoms with E-state index >= 15 is 0 Å². The third-order valence-corrected chi connectivity index (χ3v) is 6.54. The fourth-order valence-corrected chi connectivity index (χ4v) is 4.69. The standard InChI is InChI=1S/C23H27N3O3S/c1-5-25(6-2)9-10-26(22(27)17-8-7-15(3)11-16(17)4)23-24-18-12-19-20(29-14-28-19)13-21(18)30-23/h7-8,11-13H,5-6,9-10,14H2,1-4H3. The second kappa shape index (κ2) is 8.62. The van der Waals surface area contributed by atoms with Crippen molar-refractivity contribution in [1.29, 1.82) is 0 Å². The Hall–Kier alpha value is -2.64. The third kappa shape index (κ3) is 4.00. The molecule has 0 saturated carbocycles. The highest BCUT2D eigenvalue weighted by molar-refractivity contribution is 7.22. The molecule has 1 aromatic heterocycles. The van der Waals surface area contributed by atoms with Crippen LogP contribution in [0, 0.1) is 13.8 Å². The quantitative estimate of drug-likeness (QED) is 0.552. The predicted octanol–water partition coefficient (Wildman–Crippen LogP) is 4.63. The number of benzene rings is 2. The SMILES string of the molecule is CCN(CC)CCN(C(=O)c1ccc(C)cc1C)c1nc2cc3c(cc2s1)OCO3. The molecule has 0 atom stereocenters. The van der Waals surface area contributed by atoms with Crippen LogP contribution in [0.3, 0.4) is 0 Å². The van der Waals surface area contributed by atoms with Gasteiger partial charge in [0.15, 0.2) is 16.6 Å². The summed E-state index contributed by atoms with van der Waals surface area (Å²) in [6.45, 7) is 11.8. The van der Waals surface area contributed by atoms with Gasteiger partial charge >= 0.3 is 0 Å². The van der Waals surface area contributed by atoms with Crippen molar-refractivity contribution in [3.8, 4) is 11.5 Å². The normalized spacial score (nSPS) is 12.7. The number of anilines is 1. The lowest BCUT2D eigenvalue weighted by Gasteiger charge is -2.25. The van der Waals surface area contributed by atoms with Gasteiger partial charge in [-0.2, -0.15) is 0 Å². The van der Waals surface area contributed by atoms with Crippen molar-refractivity contribution in [2.45, 2.75) is 27.7 Å². The summed E-state index contributed by atoms with van der Waals surface area (Å²) in [6, 6.07) is 9.79. The molecular weight excluding hydrogens is 398 g/mol. The zero-order valence-electron chi connectivity index (χ0n) is 17.9. The van der Waals surface area contributed by atoms with Crippen LogP contribution in [0.4, 0.5) is 5.13 Å². The topological polar surface area (TPSA) is 54.9 Å². The van der Waals surface area contributed by atoms with Crippen molar-refractivity contribution in [2.75, 3.05) is 37.9 Å². The summed E-state index contributed by atoms with van der Waals surface area (Å²) >= 11 is 1.51. The van der Waals surface area contributed by atoms with Crippen LogP contribution < -0.4 is 14.4 Å². The molecule has 0 radical (unpaired) electrons. The first-order valence-electron chi connectivity index (χ1n) is 10.3. The number of carbonyl (C=O) groups excluding carboxylic acids is 1. The fraction of sp³-hybridized carbons (Fsp3) is 0.391. The first kappa shape index (κ1) is 20.6. The second-order valence-electron chi connectivity index (χ2n) is 7.47. The second-order valence-corrected chi connectivity index (χ2v) is 8.48. The molecule has 0 aliphatic carbocycles. The lowest BCUT2D eigenvalue weighted by molar-refractivity contribution is 0.0983. The summed E-state index contributed by atoms with van der Waals surface area (Å²) in [5.41, 5.74) is 3.66. The van der Waals surface area contributed by atoms with Gasteiger partial charge in [0.1, 0.15) is 0 Å². The molecule has 2 heterocycles. The minimum atomic E-state index is -0.0150. The summed E-state index contributed by atoms with van der Waals surface area (Å²) in [5.74, 6) is 1.42. The molecule has 0 spiro atoms. The number of fused-ring (bicyclic) bond motifs is 2. The van der Waals surface area contributed by atoms with Crippen molar-refractivity contribution < 1.29 is 14.3 Å². The Morgan fingerprint density at radius 2 is 1.80 bits per heavy atom. The van der Waals surface area contributed by atoms with Crippen LogP contribution in [-0.4, -0.2) is 48.8 Å². The average molecular weight is 426 g/mol. The average Bonchev–Trinajstić information content (AvgIpc) is 3.34. The summed E-state index contributed by atoms with van der Waals surface area (Å²) in [5, 5.41) is 0.700. The number of nitrogens with zero attached hydrogens (tertiary/aromatic N) is 3. The number of likely N-dealkylation sites (N-methyl/N-ethyl adjacent to an activating group) is 1. The molecule has 0 bridgehead atoms. The van der Waals surface area contributed by atoms with Crippen LogP contribution >= 0.6 is 11.3 Å². The van der Waals surface area contributed by atoms with Gasteiger partial charge < -0.3 is 14.4 Å². The van der Waals surface area contributed by atoms with E-state index in [4.69, 9.17) is 14.5 Å². The largest absolute Gasteiger partial charge is 0.454 e. The van der Waals surface area contributed by atoms with Gasteiger partial charge in [0.2, 0.25) is 6.79 Å². The molecule has 2 aromatic carbocycles. The molecule has 1 aliphatic heterocycles. The predicted molar refractivity (Wildman–Crippen MR) is 121 cm³/mol. The molecular formula is C23H27N3O3S. The van der Waals surface area contributed by atoms with E-state index in [-0.39, 0.29) is 12.7 Å². The van der Waals surface area contributed by atoms with Crippen LogP contribution in [0.15, 0.2) is 30.3 Å². The molecule has 6 nitrogen and oxygen atoms in total. The number of rotatable bonds is 7. The summed E-state index contributed by atoms with van der Waals surface area (Å²) in [6.07, 6.45) is 0. The maximum Gasteiger partial charge on any atom is 0.260 e. The van der Waals surface area contributed by atoms with Crippen molar-refractivity contribution in [3.63, 3.8) is 0 Å². The number of hydrogen-bond donors (Lipinski definition) is 0. The fourth-order valence-electron chi connectivity index (χ4n) is 3.69. The van der Waals surface area contributed by atoms with E-state index in [1.807, 2.05) is 49.1 Å². The highest BCUT2D eigenvalue weighted by atomic mass is 32.1. The van der Waals surface area contributed by atoms with E-state index in [0.717, 1.165) is 46.7 Å². The molecule has 3 aromatic rings. The lowest BCUT2D eigenvalue weighted by atomic mass is 10.0. The molecule has 0 unspecified atom stereocenters. The molecule has 0 fully saturated rings. The van der Waals surface area contributed by atoms with Gasteiger partial charge in [-0.05, 0) is 38.6 Å². The molecule has 0 N–H and O–H groups in total. The number of hydrogen-bond acceptors (Lipinski definition) is 6. The smallest absolute Gasteiger partial charge is 0.260 e. The number of ether oxygens (including phenoxy) is 2. The Kier molecular flexibility index (Phi) is 5.92. The van der Waals surface area contributed by atoms with E-state index in [0.29, 0.717) is 23.0 Å². The maximum absolute atomic E-state index is 13.6. The first-order valence-corrected chi connectivity index (χ1v) is 11.1. The van der Waals surface area contributed by atoms with E-state index < -0.39 is 0 Å². The van der Waals surface area contributed by atoms with Gasteiger partial charge in [-0.25, -0.2) is 4.98 Å². The Morgan fingerprint density at radius 3 is 2.50 bits per heavy atom. The van der Waals surface area contributed by atoms with Gasteiger partial charge in [-0.1, -0.05) is 42.9 Å². The summed E-state index contributed by atoms with van der Waals surface area (Å²) in [7, 11) is 0. The minimum Gasteiger partial charge on any atom is -0.454 e. The van der Waals surface area contributed by atoms with Gasteiger partial charge in [0.05, 0.1) is 10.2 Å². The number of aromatic nitrogens is 1. The monoisotopic (exact) mass is 425 g/mol. The summed E-state index contributed by atoms with van der Waals surface area (Å²) in [4.78, 5) is 22.5. The zero-order chi connectivity index (χ0) is 21.3. The van der Waals surface area contributed by atoms with Crippen LogP contribution in [-0.2, 0) is 0 Å². The van der Waals surface area contributed by atoms with Crippen molar-refractivity contribution >= 4 is 32.6 Å². The number of carbonyl (C=O) groups is 1. The van der Waals surface area contributed by atoms with Gasteiger partial charge in [0, 0.05) is 30.8 Å². The molecule has 1 aliphatic rings. The molecule has 158 valence electrons. The van der Waals surface area contributed by atoms with Crippen LogP contribution in [0.5, 0.6) is 11.5 Å². The maximum atomic E-state index is 13.6. The number of thiazole rings is 1.